The Morgan fingerprint density at radius 1 is 0.800 bits per heavy atom. The van der Waals surface area contributed by atoms with Crippen LogP contribution >= 0.6 is 0 Å². The van der Waals surface area contributed by atoms with E-state index in [2.05, 4.69) is 53.7 Å². The zero-order chi connectivity index (χ0) is 26.3. The maximum Gasteiger partial charge on any atom is 0.303 e. The first-order chi connectivity index (χ1) is 16.6. The summed E-state index contributed by atoms with van der Waals surface area (Å²) in [4.78, 5) is 11.6. The topological polar surface area (TPSA) is 57.5 Å². The maximum absolute atomic E-state index is 11.6. The molecule has 0 saturated heterocycles. The lowest BCUT2D eigenvalue weighted by atomic mass is 9.79. The van der Waals surface area contributed by atoms with E-state index in [-0.39, 0.29) is 23.7 Å². The molecule has 0 radical (unpaired) electrons. The van der Waals surface area contributed by atoms with Crippen molar-refractivity contribution in [3.8, 4) is 5.75 Å². The molecule has 0 bridgehead atoms. The third kappa shape index (κ3) is 12.8. The molecule has 1 atom stereocenters. The molecule has 1 unspecified atom stereocenters. The SMILES string of the molecule is CCCCCCCCCCCCCCCCC(CC(=O)O)c1cc(C(C)C)c(O)c(C(C)(C)C)c1. The normalized spacial score (nSPS) is 12.9. The van der Waals surface area contributed by atoms with Gasteiger partial charge in [-0.2, -0.15) is 0 Å². The monoisotopic (exact) mass is 488 g/mol. The standard InChI is InChI=1S/C32H56O3/c1-7-8-9-10-11-12-13-14-15-16-17-18-19-20-21-26(24-30(33)34)27-22-28(25(2)3)31(35)29(23-27)32(4,5)6/h22-23,25-26,35H,7-21,24H2,1-6H3,(H,33,34). The molecule has 3 nitrogen and oxygen atoms in total. The van der Waals surface area contributed by atoms with E-state index in [4.69, 9.17) is 0 Å². The molecule has 0 aromatic heterocycles. The van der Waals surface area contributed by atoms with Crippen LogP contribution in [-0.4, -0.2) is 16.2 Å². The highest BCUT2D eigenvalue weighted by Crippen LogP contribution is 2.40. The number of hydrogen-bond acceptors (Lipinski definition) is 2. The summed E-state index contributed by atoms with van der Waals surface area (Å²) in [6.07, 6.45) is 19.7. The van der Waals surface area contributed by atoms with Crippen molar-refractivity contribution >= 4 is 5.97 Å². The lowest BCUT2D eigenvalue weighted by Gasteiger charge is -2.26. The number of hydrogen-bond donors (Lipinski definition) is 2. The Kier molecular flexibility index (Phi) is 15.3. The molecule has 1 aromatic rings. The third-order valence-electron chi connectivity index (χ3n) is 7.39. The smallest absolute Gasteiger partial charge is 0.303 e. The molecule has 0 aliphatic carbocycles. The Morgan fingerprint density at radius 3 is 1.66 bits per heavy atom. The van der Waals surface area contributed by atoms with Gasteiger partial charge in [-0.25, -0.2) is 0 Å². The van der Waals surface area contributed by atoms with Gasteiger partial charge in [0.2, 0.25) is 0 Å². The molecule has 0 aliphatic heterocycles. The van der Waals surface area contributed by atoms with E-state index in [1.807, 2.05) is 0 Å². The minimum absolute atomic E-state index is 0.00373. The molecule has 1 aromatic carbocycles. The average Bonchev–Trinajstić information content (AvgIpc) is 2.77. The molecule has 0 aliphatic rings. The van der Waals surface area contributed by atoms with Crippen molar-refractivity contribution in [2.75, 3.05) is 0 Å². The molecule has 0 amide bonds. The largest absolute Gasteiger partial charge is 0.507 e. The number of aromatic hydroxyl groups is 1. The second-order valence-electron chi connectivity index (χ2n) is 12.1. The van der Waals surface area contributed by atoms with Crippen LogP contribution in [0.3, 0.4) is 0 Å². The first kappa shape index (κ1) is 31.5. The van der Waals surface area contributed by atoms with Gasteiger partial charge in [-0.05, 0) is 40.4 Å². The predicted octanol–water partition coefficient (Wildman–Crippen LogP) is 10.2. The second kappa shape index (κ2) is 17.0. The Balaban J connectivity index is 2.49. The van der Waals surface area contributed by atoms with Gasteiger partial charge < -0.3 is 10.2 Å². The Morgan fingerprint density at radius 2 is 1.26 bits per heavy atom. The van der Waals surface area contributed by atoms with Gasteiger partial charge in [0.25, 0.3) is 0 Å². The molecule has 35 heavy (non-hydrogen) atoms. The molecule has 0 fully saturated rings. The minimum atomic E-state index is -0.739. The highest BCUT2D eigenvalue weighted by molar-refractivity contribution is 5.68. The van der Waals surface area contributed by atoms with Crippen LogP contribution in [0.15, 0.2) is 12.1 Å². The molecule has 1 rings (SSSR count). The van der Waals surface area contributed by atoms with Crippen molar-refractivity contribution in [3.63, 3.8) is 0 Å². The molecule has 202 valence electrons. The first-order valence-electron chi connectivity index (χ1n) is 14.7. The highest BCUT2D eigenvalue weighted by atomic mass is 16.4. The van der Waals surface area contributed by atoms with E-state index in [0.29, 0.717) is 5.75 Å². The molecule has 2 N–H and O–H groups in total. The molecule has 0 saturated carbocycles. The van der Waals surface area contributed by atoms with E-state index in [9.17, 15) is 15.0 Å². The van der Waals surface area contributed by atoms with Crippen LogP contribution in [0.4, 0.5) is 0 Å². The van der Waals surface area contributed by atoms with E-state index in [1.165, 1.54) is 83.5 Å². The fraction of sp³-hybridized carbons (Fsp3) is 0.781. The van der Waals surface area contributed by atoms with E-state index in [0.717, 1.165) is 29.5 Å². The van der Waals surface area contributed by atoms with Crippen molar-refractivity contribution in [2.24, 2.45) is 0 Å². The summed E-state index contributed by atoms with van der Waals surface area (Å²) in [6, 6.07) is 4.13. The number of aliphatic carboxylic acids is 1. The zero-order valence-corrected chi connectivity index (χ0v) is 23.9. The maximum atomic E-state index is 11.6. The van der Waals surface area contributed by atoms with Crippen molar-refractivity contribution in [2.45, 2.75) is 162 Å². The number of carbonyl (C=O) groups is 1. The number of benzene rings is 1. The minimum Gasteiger partial charge on any atom is -0.507 e. The summed E-state index contributed by atoms with van der Waals surface area (Å²) in [5, 5.41) is 20.4. The molecular formula is C32H56O3. The summed E-state index contributed by atoms with van der Waals surface area (Å²) < 4.78 is 0. The fourth-order valence-electron chi connectivity index (χ4n) is 5.11. The van der Waals surface area contributed by atoms with Crippen LogP contribution in [0.2, 0.25) is 0 Å². The summed E-state index contributed by atoms with van der Waals surface area (Å²) in [7, 11) is 0. The molecule has 0 heterocycles. The summed E-state index contributed by atoms with van der Waals surface area (Å²) in [5.74, 6) is -0.162. The van der Waals surface area contributed by atoms with Gasteiger partial charge in [0, 0.05) is 0 Å². The lowest BCUT2D eigenvalue weighted by molar-refractivity contribution is -0.137. The van der Waals surface area contributed by atoms with Gasteiger partial charge in [-0.3, -0.25) is 4.79 Å². The number of phenols is 1. The number of phenolic OH excluding ortho intramolecular Hbond substituents is 1. The van der Waals surface area contributed by atoms with Crippen LogP contribution in [0, 0.1) is 0 Å². The summed E-state index contributed by atoms with van der Waals surface area (Å²) in [5.41, 5.74) is 2.75. The molecular weight excluding hydrogens is 432 g/mol. The zero-order valence-electron chi connectivity index (χ0n) is 23.9. The van der Waals surface area contributed by atoms with Crippen LogP contribution in [0.25, 0.3) is 0 Å². The van der Waals surface area contributed by atoms with Crippen LogP contribution in [-0.2, 0) is 10.2 Å². The molecule has 0 spiro atoms. The van der Waals surface area contributed by atoms with Crippen LogP contribution in [0.1, 0.15) is 173 Å². The second-order valence-corrected chi connectivity index (χ2v) is 12.1. The van der Waals surface area contributed by atoms with Gasteiger partial charge in [-0.15, -0.1) is 0 Å². The Hall–Kier alpha value is -1.51. The van der Waals surface area contributed by atoms with Gasteiger partial charge >= 0.3 is 5.97 Å². The lowest BCUT2D eigenvalue weighted by Crippen LogP contribution is -2.15. The van der Waals surface area contributed by atoms with Gasteiger partial charge in [0.15, 0.2) is 0 Å². The van der Waals surface area contributed by atoms with Gasteiger partial charge in [0.1, 0.15) is 5.75 Å². The predicted molar refractivity (Wildman–Crippen MR) is 151 cm³/mol. The first-order valence-corrected chi connectivity index (χ1v) is 14.7. The molecule has 3 heteroatoms. The van der Waals surface area contributed by atoms with Crippen LogP contribution in [0.5, 0.6) is 5.75 Å². The van der Waals surface area contributed by atoms with Gasteiger partial charge in [0.05, 0.1) is 6.42 Å². The summed E-state index contributed by atoms with van der Waals surface area (Å²) >= 11 is 0. The van der Waals surface area contributed by atoms with E-state index < -0.39 is 5.97 Å². The van der Waals surface area contributed by atoms with Crippen LogP contribution < -0.4 is 0 Å². The van der Waals surface area contributed by atoms with Crippen molar-refractivity contribution in [3.05, 3.63) is 28.8 Å². The third-order valence-corrected chi connectivity index (χ3v) is 7.39. The van der Waals surface area contributed by atoms with Crippen molar-refractivity contribution in [1.82, 2.24) is 0 Å². The van der Waals surface area contributed by atoms with Gasteiger partial charge in [-0.1, -0.05) is 144 Å². The number of carboxylic acids is 1. The van der Waals surface area contributed by atoms with Crippen molar-refractivity contribution in [1.29, 1.82) is 0 Å². The quantitative estimate of drug-likeness (QED) is 0.190. The van der Waals surface area contributed by atoms with Crippen molar-refractivity contribution < 1.29 is 15.0 Å². The van der Waals surface area contributed by atoms with E-state index >= 15 is 0 Å². The number of carboxylic acid groups (broad SMARTS) is 1. The Bertz CT molecular complexity index is 714. The van der Waals surface area contributed by atoms with E-state index in [1.54, 1.807) is 0 Å². The Labute approximate surface area is 217 Å². The highest BCUT2D eigenvalue weighted by Gasteiger charge is 2.25. The number of unbranched alkanes of at least 4 members (excludes halogenated alkanes) is 13. The fourth-order valence-corrected chi connectivity index (χ4v) is 5.11. The number of rotatable bonds is 19. The average molecular weight is 489 g/mol. The summed E-state index contributed by atoms with van der Waals surface area (Å²) in [6.45, 7) is 12.8.